The van der Waals surface area contributed by atoms with Gasteiger partial charge in [0.2, 0.25) is 5.82 Å². The summed E-state index contributed by atoms with van der Waals surface area (Å²) in [5, 5.41) is 15.6. The van der Waals surface area contributed by atoms with E-state index in [0.29, 0.717) is 11.6 Å². The molecule has 0 atom stereocenters. The largest absolute Gasteiger partial charge is 0.461 e. The second-order valence-electron chi connectivity index (χ2n) is 4.50. The molecule has 0 aliphatic heterocycles. The molecule has 19 heavy (non-hydrogen) atoms. The van der Waals surface area contributed by atoms with Crippen LogP contribution in [0.2, 0.25) is 0 Å². The maximum Gasteiger partial charge on any atom is 0.240 e. The molecule has 0 unspecified atom stereocenters. The first-order valence-electron chi connectivity index (χ1n) is 6.92. The third-order valence-corrected chi connectivity index (χ3v) is 2.89. The number of hydrogen-bond acceptors (Lipinski definition) is 5. The molecule has 6 heteroatoms. The van der Waals surface area contributed by atoms with E-state index in [9.17, 15) is 0 Å². The Hall–Kier alpha value is -1.69. The number of aromatic nitrogens is 4. The minimum atomic E-state index is 0.535. The molecule has 104 valence electrons. The first-order chi connectivity index (χ1) is 9.40. The predicted molar refractivity (Wildman–Crippen MR) is 72.5 cm³/mol. The molecule has 0 aliphatic rings. The molecule has 0 amide bonds. The van der Waals surface area contributed by atoms with Gasteiger partial charge in [-0.05, 0) is 30.3 Å². The van der Waals surface area contributed by atoms with E-state index >= 15 is 0 Å². The van der Waals surface area contributed by atoms with Crippen molar-refractivity contribution in [1.29, 1.82) is 0 Å². The van der Waals surface area contributed by atoms with E-state index in [1.54, 1.807) is 11.1 Å². The van der Waals surface area contributed by atoms with Crippen molar-refractivity contribution in [3.8, 4) is 11.6 Å². The summed E-state index contributed by atoms with van der Waals surface area (Å²) in [6, 6.07) is 3.64. The van der Waals surface area contributed by atoms with Gasteiger partial charge in [-0.3, -0.25) is 0 Å². The Kier molecular flexibility index (Phi) is 5.55. The third kappa shape index (κ3) is 4.48. The van der Waals surface area contributed by atoms with Crippen molar-refractivity contribution < 1.29 is 4.42 Å². The molecule has 0 bridgehead atoms. The van der Waals surface area contributed by atoms with Gasteiger partial charge in [0.1, 0.15) is 0 Å². The Labute approximate surface area is 113 Å². The lowest BCUT2D eigenvalue weighted by atomic mass is 10.2. The summed E-state index contributed by atoms with van der Waals surface area (Å²) in [6.07, 6.45) is 6.73. The standard InChI is InChI=1S/C13H21N5O/c1-2-3-4-5-8-14-9-10-18-16-13(15-17-18)12-7-6-11-19-12/h6-7,11,14H,2-5,8-10H2,1H3. The van der Waals surface area contributed by atoms with Crippen LogP contribution in [0.15, 0.2) is 22.8 Å². The average molecular weight is 263 g/mol. The number of unbranched alkanes of at least 4 members (excludes halogenated alkanes) is 3. The van der Waals surface area contributed by atoms with Crippen LogP contribution >= 0.6 is 0 Å². The van der Waals surface area contributed by atoms with Crippen LogP contribution in [0.3, 0.4) is 0 Å². The molecule has 2 heterocycles. The van der Waals surface area contributed by atoms with Crippen LogP contribution < -0.4 is 5.32 Å². The van der Waals surface area contributed by atoms with E-state index in [1.807, 2.05) is 12.1 Å². The minimum Gasteiger partial charge on any atom is -0.461 e. The first-order valence-corrected chi connectivity index (χ1v) is 6.92. The minimum absolute atomic E-state index is 0.535. The number of nitrogens with zero attached hydrogens (tertiary/aromatic N) is 4. The molecule has 0 aromatic carbocycles. The fraction of sp³-hybridized carbons (Fsp3) is 0.615. The van der Waals surface area contributed by atoms with E-state index in [-0.39, 0.29) is 0 Å². The zero-order valence-corrected chi connectivity index (χ0v) is 11.4. The molecule has 2 aromatic rings. The fourth-order valence-corrected chi connectivity index (χ4v) is 1.82. The third-order valence-electron chi connectivity index (χ3n) is 2.89. The van der Waals surface area contributed by atoms with E-state index in [0.717, 1.165) is 19.6 Å². The number of hydrogen-bond donors (Lipinski definition) is 1. The van der Waals surface area contributed by atoms with Crippen LogP contribution in [0, 0.1) is 0 Å². The van der Waals surface area contributed by atoms with Crippen molar-refractivity contribution in [2.45, 2.75) is 39.2 Å². The number of rotatable bonds is 9. The molecule has 0 saturated carbocycles. The van der Waals surface area contributed by atoms with Gasteiger partial charge in [-0.15, -0.1) is 10.2 Å². The van der Waals surface area contributed by atoms with Gasteiger partial charge in [0.15, 0.2) is 5.76 Å². The van der Waals surface area contributed by atoms with Crippen LogP contribution in [-0.4, -0.2) is 33.3 Å². The highest BCUT2D eigenvalue weighted by atomic mass is 16.3. The van der Waals surface area contributed by atoms with Gasteiger partial charge in [-0.25, -0.2) is 0 Å². The monoisotopic (exact) mass is 263 g/mol. The molecule has 0 spiro atoms. The summed E-state index contributed by atoms with van der Waals surface area (Å²) in [5.74, 6) is 1.19. The summed E-state index contributed by atoms with van der Waals surface area (Å²) in [4.78, 5) is 1.59. The number of tetrazole rings is 1. The zero-order valence-electron chi connectivity index (χ0n) is 11.4. The Morgan fingerprint density at radius 1 is 1.26 bits per heavy atom. The van der Waals surface area contributed by atoms with E-state index in [4.69, 9.17) is 4.42 Å². The second-order valence-corrected chi connectivity index (χ2v) is 4.50. The maximum atomic E-state index is 5.22. The summed E-state index contributed by atoms with van der Waals surface area (Å²) >= 11 is 0. The highest BCUT2D eigenvalue weighted by molar-refractivity contribution is 5.43. The summed E-state index contributed by atoms with van der Waals surface area (Å²) in [6.45, 7) is 4.86. The fourth-order valence-electron chi connectivity index (χ4n) is 1.82. The molecular weight excluding hydrogens is 242 g/mol. The van der Waals surface area contributed by atoms with Crippen molar-refractivity contribution in [1.82, 2.24) is 25.5 Å². The predicted octanol–water partition coefficient (Wildman–Crippen LogP) is 2.10. The van der Waals surface area contributed by atoms with E-state index < -0.39 is 0 Å². The Morgan fingerprint density at radius 2 is 2.21 bits per heavy atom. The van der Waals surface area contributed by atoms with Gasteiger partial charge in [0.05, 0.1) is 12.8 Å². The molecular formula is C13H21N5O. The van der Waals surface area contributed by atoms with Crippen molar-refractivity contribution in [3.05, 3.63) is 18.4 Å². The number of furan rings is 1. The molecule has 2 rings (SSSR count). The normalized spacial score (nSPS) is 11.0. The average Bonchev–Trinajstić information content (AvgIpc) is 3.08. The maximum absolute atomic E-state index is 5.22. The molecule has 6 nitrogen and oxygen atoms in total. The van der Waals surface area contributed by atoms with Gasteiger partial charge < -0.3 is 9.73 Å². The van der Waals surface area contributed by atoms with E-state index in [1.165, 1.54) is 25.7 Å². The van der Waals surface area contributed by atoms with Gasteiger partial charge >= 0.3 is 0 Å². The molecule has 0 saturated heterocycles. The van der Waals surface area contributed by atoms with Gasteiger partial charge in [0.25, 0.3) is 0 Å². The van der Waals surface area contributed by atoms with Crippen LogP contribution in [0.1, 0.15) is 32.6 Å². The topological polar surface area (TPSA) is 68.8 Å². The highest BCUT2D eigenvalue weighted by Crippen LogP contribution is 2.12. The molecule has 0 fully saturated rings. The number of nitrogens with one attached hydrogen (secondary N) is 1. The van der Waals surface area contributed by atoms with Crippen molar-refractivity contribution in [2.24, 2.45) is 0 Å². The Bertz CT molecular complexity index is 451. The Morgan fingerprint density at radius 3 is 3.00 bits per heavy atom. The van der Waals surface area contributed by atoms with Crippen molar-refractivity contribution in [3.63, 3.8) is 0 Å². The van der Waals surface area contributed by atoms with Gasteiger partial charge in [0, 0.05) is 6.54 Å². The lowest BCUT2D eigenvalue weighted by molar-refractivity contribution is 0.484. The Balaban J connectivity index is 1.64. The second kappa shape index (κ2) is 7.68. The van der Waals surface area contributed by atoms with Gasteiger partial charge in [-0.2, -0.15) is 4.80 Å². The molecule has 2 aromatic heterocycles. The lowest BCUT2D eigenvalue weighted by Gasteiger charge is -2.03. The van der Waals surface area contributed by atoms with Crippen LogP contribution in [-0.2, 0) is 6.54 Å². The molecule has 1 N–H and O–H groups in total. The van der Waals surface area contributed by atoms with Crippen molar-refractivity contribution in [2.75, 3.05) is 13.1 Å². The molecule has 0 aliphatic carbocycles. The summed E-state index contributed by atoms with van der Waals surface area (Å²) < 4.78 is 5.22. The van der Waals surface area contributed by atoms with Gasteiger partial charge in [-0.1, -0.05) is 26.2 Å². The van der Waals surface area contributed by atoms with Crippen LogP contribution in [0.4, 0.5) is 0 Å². The van der Waals surface area contributed by atoms with Crippen LogP contribution in [0.25, 0.3) is 11.6 Å². The summed E-state index contributed by atoms with van der Waals surface area (Å²) in [5.41, 5.74) is 0. The van der Waals surface area contributed by atoms with Crippen molar-refractivity contribution >= 4 is 0 Å². The SMILES string of the molecule is CCCCCCNCCn1nnc(-c2ccco2)n1. The molecule has 0 radical (unpaired) electrons. The van der Waals surface area contributed by atoms with Crippen LogP contribution in [0.5, 0.6) is 0 Å². The zero-order chi connectivity index (χ0) is 13.3. The smallest absolute Gasteiger partial charge is 0.240 e. The summed E-state index contributed by atoms with van der Waals surface area (Å²) in [7, 11) is 0. The highest BCUT2D eigenvalue weighted by Gasteiger charge is 2.07. The quantitative estimate of drug-likeness (QED) is 0.702. The lowest BCUT2D eigenvalue weighted by Crippen LogP contribution is -2.22. The first kappa shape index (κ1) is 13.7. The van der Waals surface area contributed by atoms with E-state index in [2.05, 4.69) is 27.7 Å².